The summed E-state index contributed by atoms with van der Waals surface area (Å²) in [5.74, 6) is 2.54. The molecule has 0 aromatic heterocycles. The first-order valence-electron chi connectivity index (χ1n) is 8.31. The molecule has 1 heterocycles. The molecule has 1 aromatic rings. The Hall–Kier alpha value is -1.35. The summed E-state index contributed by atoms with van der Waals surface area (Å²) in [5, 5.41) is 0. The number of benzene rings is 1. The smallest absolute Gasteiger partial charge is 0.146 e. The van der Waals surface area contributed by atoms with E-state index >= 15 is 0 Å². The molecule has 112 valence electrons. The number of hydrogen-bond acceptors (Lipinski definition) is 1. The van der Waals surface area contributed by atoms with Crippen LogP contribution in [0.2, 0.25) is 0 Å². The highest BCUT2D eigenvalue weighted by molar-refractivity contribution is 5.47. The highest BCUT2D eigenvalue weighted by Crippen LogP contribution is 2.42. The number of piperazine rings is 1. The first kappa shape index (κ1) is 13.3. The van der Waals surface area contributed by atoms with Gasteiger partial charge in [0.1, 0.15) is 5.82 Å². The van der Waals surface area contributed by atoms with Gasteiger partial charge in [-0.1, -0.05) is 24.3 Å². The van der Waals surface area contributed by atoms with Crippen LogP contribution in [0.25, 0.3) is 0 Å². The molecular formula is C18H24FN2+. The molecule has 4 rings (SSSR count). The lowest BCUT2D eigenvalue weighted by atomic mass is 9.93. The molecule has 1 saturated heterocycles. The Morgan fingerprint density at radius 2 is 1.90 bits per heavy atom. The molecule has 2 nitrogen and oxygen atoms in total. The lowest BCUT2D eigenvalue weighted by molar-refractivity contribution is -0.904. The zero-order valence-corrected chi connectivity index (χ0v) is 12.5. The van der Waals surface area contributed by atoms with E-state index in [1.807, 2.05) is 12.1 Å². The van der Waals surface area contributed by atoms with Crippen LogP contribution in [0.1, 0.15) is 12.8 Å². The molecule has 1 aliphatic heterocycles. The van der Waals surface area contributed by atoms with E-state index in [1.165, 1.54) is 19.4 Å². The van der Waals surface area contributed by atoms with Crippen LogP contribution in [0.3, 0.4) is 0 Å². The van der Waals surface area contributed by atoms with Gasteiger partial charge in [-0.15, -0.1) is 0 Å². The van der Waals surface area contributed by atoms with E-state index in [9.17, 15) is 4.39 Å². The highest BCUT2D eigenvalue weighted by Gasteiger charge is 2.38. The maximum absolute atomic E-state index is 13.8. The Morgan fingerprint density at radius 3 is 2.57 bits per heavy atom. The minimum absolute atomic E-state index is 0.0841. The van der Waals surface area contributed by atoms with Crippen molar-refractivity contribution in [2.45, 2.75) is 12.8 Å². The van der Waals surface area contributed by atoms with Crippen LogP contribution in [0.4, 0.5) is 10.1 Å². The highest BCUT2D eigenvalue weighted by atomic mass is 19.1. The summed E-state index contributed by atoms with van der Waals surface area (Å²) in [7, 11) is 0. The van der Waals surface area contributed by atoms with E-state index < -0.39 is 0 Å². The van der Waals surface area contributed by atoms with Crippen LogP contribution in [-0.4, -0.2) is 32.7 Å². The molecule has 2 bridgehead atoms. The monoisotopic (exact) mass is 287 g/mol. The van der Waals surface area contributed by atoms with Crippen molar-refractivity contribution < 1.29 is 9.29 Å². The van der Waals surface area contributed by atoms with Crippen LogP contribution in [0, 0.1) is 23.6 Å². The van der Waals surface area contributed by atoms with Gasteiger partial charge in [0.05, 0.1) is 38.4 Å². The predicted molar refractivity (Wildman–Crippen MR) is 83.0 cm³/mol. The zero-order valence-electron chi connectivity index (χ0n) is 12.5. The van der Waals surface area contributed by atoms with Gasteiger partial charge in [0.15, 0.2) is 0 Å². The van der Waals surface area contributed by atoms with Crippen molar-refractivity contribution in [2.75, 3.05) is 37.6 Å². The molecular weight excluding hydrogens is 263 g/mol. The van der Waals surface area contributed by atoms with Crippen LogP contribution in [0.15, 0.2) is 36.4 Å². The van der Waals surface area contributed by atoms with E-state index in [0.717, 1.165) is 49.6 Å². The van der Waals surface area contributed by atoms with Gasteiger partial charge in [0, 0.05) is 5.92 Å². The average molecular weight is 287 g/mol. The second-order valence-corrected chi connectivity index (χ2v) is 6.93. The van der Waals surface area contributed by atoms with Gasteiger partial charge in [0.25, 0.3) is 0 Å². The molecule has 0 amide bonds. The minimum Gasteiger partial charge on any atom is -0.358 e. The quantitative estimate of drug-likeness (QED) is 0.832. The summed E-state index contributed by atoms with van der Waals surface area (Å²) in [6.07, 6.45) is 7.68. The molecule has 1 saturated carbocycles. The lowest BCUT2D eigenvalue weighted by Crippen LogP contribution is -3.15. The van der Waals surface area contributed by atoms with Gasteiger partial charge >= 0.3 is 0 Å². The number of para-hydroxylation sites is 1. The van der Waals surface area contributed by atoms with E-state index in [2.05, 4.69) is 17.1 Å². The number of anilines is 1. The van der Waals surface area contributed by atoms with E-state index in [0.29, 0.717) is 0 Å². The Kier molecular flexibility index (Phi) is 3.46. The van der Waals surface area contributed by atoms with Crippen molar-refractivity contribution in [3.63, 3.8) is 0 Å². The summed E-state index contributed by atoms with van der Waals surface area (Å²) in [4.78, 5) is 3.92. The van der Waals surface area contributed by atoms with Crippen molar-refractivity contribution in [2.24, 2.45) is 17.8 Å². The van der Waals surface area contributed by atoms with E-state index in [4.69, 9.17) is 0 Å². The molecule has 1 aromatic carbocycles. The second kappa shape index (κ2) is 5.45. The fourth-order valence-corrected chi connectivity index (χ4v) is 4.48. The molecule has 0 unspecified atom stereocenters. The second-order valence-electron chi connectivity index (χ2n) is 6.93. The molecule has 3 heteroatoms. The van der Waals surface area contributed by atoms with Crippen molar-refractivity contribution in [3.8, 4) is 0 Å². The summed E-state index contributed by atoms with van der Waals surface area (Å²) in [6, 6.07) is 7.17. The van der Waals surface area contributed by atoms with Gasteiger partial charge in [-0.2, -0.15) is 0 Å². The zero-order chi connectivity index (χ0) is 14.2. The number of quaternary nitrogens is 1. The molecule has 1 N–H and O–H groups in total. The first-order chi connectivity index (χ1) is 10.3. The molecule has 21 heavy (non-hydrogen) atoms. The summed E-state index contributed by atoms with van der Waals surface area (Å²) < 4.78 is 13.8. The van der Waals surface area contributed by atoms with Crippen LogP contribution < -0.4 is 9.80 Å². The largest absolute Gasteiger partial charge is 0.358 e. The molecule has 2 fully saturated rings. The molecule has 0 radical (unpaired) electrons. The van der Waals surface area contributed by atoms with Gasteiger partial charge in [0.2, 0.25) is 0 Å². The third kappa shape index (κ3) is 2.59. The van der Waals surface area contributed by atoms with Crippen molar-refractivity contribution in [3.05, 3.63) is 42.2 Å². The normalized spacial score (nSPS) is 32.0. The third-order valence-corrected chi connectivity index (χ3v) is 5.63. The van der Waals surface area contributed by atoms with Gasteiger partial charge < -0.3 is 9.80 Å². The van der Waals surface area contributed by atoms with E-state index in [-0.39, 0.29) is 5.82 Å². The maximum atomic E-state index is 13.8. The van der Waals surface area contributed by atoms with Crippen LogP contribution in [0.5, 0.6) is 0 Å². The number of halogens is 1. The topological polar surface area (TPSA) is 7.68 Å². The van der Waals surface area contributed by atoms with Crippen LogP contribution >= 0.6 is 0 Å². The van der Waals surface area contributed by atoms with Crippen molar-refractivity contribution >= 4 is 5.69 Å². The van der Waals surface area contributed by atoms with Crippen molar-refractivity contribution in [1.82, 2.24) is 0 Å². The Morgan fingerprint density at radius 1 is 1.10 bits per heavy atom. The molecule has 2 aliphatic carbocycles. The number of allylic oxidation sites excluding steroid dienone is 2. The number of nitrogens with zero attached hydrogens (tertiary/aromatic N) is 1. The van der Waals surface area contributed by atoms with Gasteiger partial charge in [-0.3, -0.25) is 0 Å². The number of fused-ring (bicyclic) bond motifs is 2. The summed E-state index contributed by atoms with van der Waals surface area (Å²) in [5.41, 5.74) is 0.777. The number of hydrogen-bond donors (Lipinski definition) is 1. The SMILES string of the molecule is Fc1ccccc1N1CC[NH+](C[C@H]2C[C@@H]3C=C[C@H]2C3)CC1. The predicted octanol–water partition coefficient (Wildman–Crippen LogP) is 1.74. The summed E-state index contributed by atoms with van der Waals surface area (Å²) >= 11 is 0. The summed E-state index contributed by atoms with van der Waals surface area (Å²) in [6.45, 7) is 5.56. The number of nitrogens with one attached hydrogen (secondary N) is 1. The fourth-order valence-electron chi connectivity index (χ4n) is 4.48. The maximum Gasteiger partial charge on any atom is 0.146 e. The first-order valence-corrected chi connectivity index (χ1v) is 8.31. The third-order valence-electron chi connectivity index (χ3n) is 5.63. The van der Waals surface area contributed by atoms with Gasteiger partial charge in [-0.05, 0) is 36.8 Å². The van der Waals surface area contributed by atoms with Gasteiger partial charge in [-0.25, -0.2) is 4.39 Å². The van der Waals surface area contributed by atoms with E-state index in [1.54, 1.807) is 17.0 Å². The minimum atomic E-state index is -0.0841. The molecule has 3 aliphatic rings. The lowest BCUT2D eigenvalue weighted by Gasteiger charge is -2.35. The Bertz CT molecular complexity index is 534. The fraction of sp³-hybridized carbons (Fsp3) is 0.556. The molecule has 3 atom stereocenters. The Labute approximate surface area is 126 Å². The molecule has 0 spiro atoms. The average Bonchev–Trinajstić information content (AvgIpc) is 3.11. The van der Waals surface area contributed by atoms with Crippen molar-refractivity contribution in [1.29, 1.82) is 0 Å². The van der Waals surface area contributed by atoms with Crippen LogP contribution in [-0.2, 0) is 0 Å². The Balaban J connectivity index is 1.33. The number of rotatable bonds is 3. The standard InChI is InChI=1S/C18H23FN2/c19-17-3-1-2-4-18(17)21-9-7-20(8-10-21)13-16-12-14-5-6-15(16)11-14/h1-6,14-16H,7-13H2/p+1/t14-,15+,16-/m1/s1.